The molecule has 2 aromatic carbocycles. The molecule has 0 fully saturated rings. The van der Waals surface area contributed by atoms with Gasteiger partial charge >= 0.3 is 0 Å². The summed E-state index contributed by atoms with van der Waals surface area (Å²) < 4.78 is 0. The van der Waals surface area contributed by atoms with Crippen molar-refractivity contribution in [1.82, 2.24) is 15.4 Å². The number of benzene rings is 2. The number of halogens is 1. The van der Waals surface area contributed by atoms with E-state index in [1.165, 1.54) is 0 Å². The normalized spacial score (nSPS) is 11.7. The van der Waals surface area contributed by atoms with Crippen LogP contribution in [0.5, 0.6) is 0 Å². The third kappa shape index (κ3) is 5.25. The van der Waals surface area contributed by atoms with Crippen molar-refractivity contribution < 1.29 is 4.79 Å². The molecule has 0 radical (unpaired) electrons. The molecular formula is C25H23ClN4O. The molecular weight excluding hydrogens is 408 g/mol. The van der Waals surface area contributed by atoms with Gasteiger partial charge in [0, 0.05) is 35.7 Å². The minimum absolute atomic E-state index is 0.122. The Hall–Kier alpha value is -3.31. The Morgan fingerprint density at radius 1 is 0.935 bits per heavy atom. The van der Waals surface area contributed by atoms with E-state index in [4.69, 9.17) is 16.6 Å². The number of hydrazone groups is 1. The van der Waals surface area contributed by atoms with Gasteiger partial charge in [0.05, 0.1) is 22.4 Å². The summed E-state index contributed by atoms with van der Waals surface area (Å²) >= 11 is 5.71. The van der Waals surface area contributed by atoms with Crippen LogP contribution in [0.4, 0.5) is 0 Å². The highest BCUT2D eigenvalue weighted by Gasteiger charge is 2.12. The SMILES string of the molecule is O=C(CCCCCl)NN=C(Cc1ccnc2ccccc12)c1ccc2ccccc2n1. The lowest BCUT2D eigenvalue weighted by atomic mass is 10.0. The third-order valence-corrected chi connectivity index (χ3v) is 5.36. The summed E-state index contributed by atoms with van der Waals surface area (Å²) in [6.45, 7) is 0. The van der Waals surface area contributed by atoms with E-state index < -0.39 is 0 Å². The number of carbonyl (C=O) groups excluding carboxylic acids is 1. The fourth-order valence-electron chi connectivity index (χ4n) is 3.47. The van der Waals surface area contributed by atoms with Crippen LogP contribution < -0.4 is 5.43 Å². The summed E-state index contributed by atoms with van der Waals surface area (Å²) in [5.41, 5.74) is 7.04. The first-order valence-electron chi connectivity index (χ1n) is 10.3. The number of rotatable bonds is 8. The Bertz CT molecular complexity index is 1230. The van der Waals surface area contributed by atoms with E-state index in [2.05, 4.69) is 15.5 Å². The maximum absolute atomic E-state index is 12.2. The number of para-hydroxylation sites is 2. The molecule has 0 bridgehead atoms. The van der Waals surface area contributed by atoms with Crippen LogP contribution in [-0.4, -0.2) is 27.5 Å². The standard InChI is InChI=1S/C25H23ClN4O/c26-15-6-5-11-25(31)30-29-24(23-13-12-18-7-1-3-9-21(18)28-23)17-19-14-16-27-22-10-4-2-8-20(19)22/h1-4,7-10,12-14,16H,5-6,11,15,17H2,(H,30,31). The van der Waals surface area contributed by atoms with E-state index in [-0.39, 0.29) is 5.91 Å². The van der Waals surface area contributed by atoms with Gasteiger partial charge in [0.1, 0.15) is 0 Å². The number of hydrogen-bond acceptors (Lipinski definition) is 4. The monoisotopic (exact) mass is 430 g/mol. The number of nitrogens with zero attached hydrogens (tertiary/aromatic N) is 3. The largest absolute Gasteiger partial charge is 0.273 e. The Morgan fingerprint density at radius 2 is 1.74 bits per heavy atom. The maximum atomic E-state index is 12.2. The highest BCUT2D eigenvalue weighted by Crippen LogP contribution is 2.19. The van der Waals surface area contributed by atoms with Gasteiger partial charge in [0.2, 0.25) is 5.91 Å². The first-order chi connectivity index (χ1) is 15.2. The first kappa shape index (κ1) is 20.9. The van der Waals surface area contributed by atoms with Crippen molar-refractivity contribution in [3.05, 3.63) is 84.2 Å². The van der Waals surface area contributed by atoms with Crippen molar-refractivity contribution >= 4 is 45.0 Å². The predicted octanol–water partition coefficient (Wildman–Crippen LogP) is 5.26. The van der Waals surface area contributed by atoms with Gasteiger partial charge in [-0.2, -0.15) is 5.10 Å². The molecule has 2 heterocycles. The fraction of sp³-hybridized carbons (Fsp3) is 0.200. The molecule has 0 aliphatic rings. The molecule has 4 rings (SSSR count). The number of pyridine rings is 2. The third-order valence-electron chi connectivity index (χ3n) is 5.09. The second kappa shape index (κ2) is 10.1. The van der Waals surface area contributed by atoms with Crippen LogP contribution in [0.15, 0.2) is 78.0 Å². The Kier molecular flexibility index (Phi) is 6.85. The summed E-state index contributed by atoms with van der Waals surface area (Å²) in [5.74, 6) is 0.431. The van der Waals surface area contributed by atoms with Crippen LogP contribution in [0.1, 0.15) is 30.5 Å². The van der Waals surface area contributed by atoms with Gasteiger partial charge in [-0.05, 0) is 42.7 Å². The van der Waals surface area contributed by atoms with Gasteiger partial charge in [-0.3, -0.25) is 9.78 Å². The van der Waals surface area contributed by atoms with Gasteiger partial charge in [-0.25, -0.2) is 10.4 Å². The minimum Gasteiger partial charge on any atom is -0.273 e. The molecule has 0 aliphatic carbocycles. The number of nitrogens with one attached hydrogen (secondary N) is 1. The Labute approximate surface area is 186 Å². The van der Waals surface area contributed by atoms with E-state index in [0.717, 1.165) is 45.9 Å². The molecule has 0 atom stereocenters. The molecule has 0 saturated heterocycles. The second-order valence-electron chi connectivity index (χ2n) is 7.29. The summed E-state index contributed by atoms with van der Waals surface area (Å²) in [6.07, 6.45) is 4.27. The number of hydrogen-bond donors (Lipinski definition) is 1. The van der Waals surface area contributed by atoms with Crippen LogP contribution in [0.25, 0.3) is 21.8 Å². The Balaban J connectivity index is 1.67. The average molecular weight is 431 g/mol. The lowest BCUT2D eigenvalue weighted by molar-refractivity contribution is -0.121. The number of amides is 1. The van der Waals surface area contributed by atoms with Crippen LogP contribution in [0.2, 0.25) is 0 Å². The van der Waals surface area contributed by atoms with E-state index in [0.29, 0.717) is 24.4 Å². The molecule has 1 amide bonds. The first-order valence-corrected chi connectivity index (χ1v) is 10.9. The summed E-state index contributed by atoms with van der Waals surface area (Å²) in [6, 6.07) is 21.9. The molecule has 1 N–H and O–H groups in total. The maximum Gasteiger partial charge on any atom is 0.240 e. The summed E-state index contributed by atoms with van der Waals surface area (Å²) in [7, 11) is 0. The van der Waals surface area contributed by atoms with Crippen molar-refractivity contribution in [3.8, 4) is 0 Å². The lowest BCUT2D eigenvalue weighted by Gasteiger charge is -2.10. The van der Waals surface area contributed by atoms with Crippen LogP contribution in [0, 0.1) is 0 Å². The van der Waals surface area contributed by atoms with Crippen molar-refractivity contribution in [3.63, 3.8) is 0 Å². The molecule has 0 unspecified atom stereocenters. The van der Waals surface area contributed by atoms with Gasteiger partial charge < -0.3 is 0 Å². The minimum atomic E-state index is -0.122. The zero-order valence-electron chi connectivity index (χ0n) is 17.1. The van der Waals surface area contributed by atoms with E-state index in [1.807, 2.05) is 66.7 Å². The molecule has 0 spiro atoms. The zero-order valence-corrected chi connectivity index (χ0v) is 17.8. The summed E-state index contributed by atoms with van der Waals surface area (Å²) in [4.78, 5) is 21.5. The van der Waals surface area contributed by atoms with Crippen LogP contribution >= 0.6 is 11.6 Å². The molecule has 31 heavy (non-hydrogen) atoms. The second-order valence-corrected chi connectivity index (χ2v) is 7.67. The number of fused-ring (bicyclic) bond motifs is 2. The van der Waals surface area contributed by atoms with Crippen LogP contribution in [0.3, 0.4) is 0 Å². The van der Waals surface area contributed by atoms with Crippen molar-refractivity contribution in [2.24, 2.45) is 5.10 Å². The van der Waals surface area contributed by atoms with Crippen LogP contribution in [-0.2, 0) is 11.2 Å². The molecule has 0 saturated carbocycles. The van der Waals surface area contributed by atoms with Crippen molar-refractivity contribution in [2.45, 2.75) is 25.7 Å². The van der Waals surface area contributed by atoms with Gasteiger partial charge in [-0.15, -0.1) is 11.6 Å². The quantitative estimate of drug-likeness (QED) is 0.179. The number of unbranched alkanes of at least 4 members (excludes halogenated alkanes) is 1. The van der Waals surface area contributed by atoms with Gasteiger partial charge in [0.25, 0.3) is 0 Å². The number of aromatic nitrogens is 2. The topological polar surface area (TPSA) is 67.2 Å². The van der Waals surface area contributed by atoms with E-state index >= 15 is 0 Å². The number of alkyl halides is 1. The molecule has 0 aliphatic heterocycles. The van der Waals surface area contributed by atoms with Gasteiger partial charge in [0.15, 0.2) is 0 Å². The summed E-state index contributed by atoms with van der Waals surface area (Å²) in [5, 5.41) is 6.60. The highest BCUT2D eigenvalue weighted by atomic mass is 35.5. The molecule has 5 nitrogen and oxygen atoms in total. The van der Waals surface area contributed by atoms with Crippen molar-refractivity contribution in [2.75, 3.05) is 5.88 Å². The molecule has 4 aromatic rings. The Morgan fingerprint density at radius 3 is 2.61 bits per heavy atom. The average Bonchev–Trinajstić information content (AvgIpc) is 2.81. The van der Waals surface area contributed by atoms with Gasteiger partial charge in [-0.1, -0.05) is 42.5 Å². The van der Waals surface area contributed by atoms with E-state index in [9.17, 15) is 4.79 Å². The molecule has 6 heteroatoms. The highest BCUT2D eigenvalue weighted by molar-refractivity contribution is 6.17. The number of carbonyl (C=O) groups is 1. The molecule has 2 aromatic heterocycles. The fourth-order valence-corrected chi connectivity index (χ4v) is 3.66. The van der Waals surface area contributed by atoms with E-state index in [1.54, 1.807) is 6.20 Å². The predicted molar refractivity (Wildman–Crippen MR) is 126 cm³/mol. The van der Waals surface area contributed by atoms with Crippen molar-refractivity contribution in [1.29, 1.82) is 0 Å². The smallest absolute Gasteiger partial charge is 0.240 e. The lowest BCUT2D eigenvalue weighted by Crippen LogP contribution is -2.21. The molecule has 156 valence electrons. The zero-order chi connectivity index (χ0) is 21.5.